The molecule has 3 rings (SSSR count). The van der Waals surface area contributed by atoms with Crippen molar-refractivity contribution in [3.8, 4) is 0 Å². The van der Waals surface area contributed by atoms with Crippen LogP contribution in [0.5, 0.6) is 0 Å². The second-order valence-corrected chi connectivity index (χ2v) is 5.48. The zero-order valence-electron chi connectivity index (χ0n) is 9.97. The van der Waals surface area contributed by atoms with Crippen LogP contribution in [0.25, 0.3) is 0 Å². The van der Waals surface area contributed by atoms with Crippen LogP contribution < -0.4 is 5.32 Å². The van der Waals surface area contributed by atoms with Crippen molar-refractivity contribution >= 4 is 0 Å². The van der Waals surface area contributed by atoms with Crippen molar-refractivity contribution in [2.75, 3.05) is 0 Å². The Kier molecular flexibility index (Phi) is 2.47. The van der Waals surface area contributed by atoms with E-state index in [4.69, 9.17) is 0 Å². The highest BCUT2D eigenvalue weighted by atomic mass is 19.1. The van der Waals surface area contributed by atoms with Crippen LogP contribution in [0.15, 0.2) is 18.2 Å². The largest absolute Gasteiger partial charge is 0.311 e. The third-order valence-corrected chi connectivity index (χ3v) is 4.15. The number of fused-ring (bicyclic) bond motifs is 2. The lowest BCUT2D eigenvalue weighted by molar-refractivity contribution is 0.0872. The summed E-state index contributed by atoms with van der Waals surface area (Å²) < 4.78 is 28.2. The molecule has 2 atom stereocenters. The van der Waals surface area contributed by atoms with Gasteiger partial charge in [-0.1, -0.05) is 6.07 Å². The van der Waals surface area contributed by atoms with Gasteiger partial charge in [-0.15, -0.1) is 0 Å². The summed E-state index contributed by atoms with van der Waals surface area (Å²) in [6.45, 7) is 1.69. The Morgan fingerprint density at radius 1 is 1.24 bits per heavy atom. The molecule has 17 heavy (non-hydrogen) atoms. The Bertz CT molecular complexity index is 432. The average molecular weight is 237 g/mol. The summed E-state index contributed by atoms with van der Waals surface area (Å²) in [4.78, 5) is 0. The number of hydrogen-bond acceptors (Lipinski definition) is 1. The normalized spacial score (nSPS) is 36.2. The maximum atomic E-state index is 15.0. The molecule has 2 heterocycles. The standard InChI is InChI=1S/C14H17F2N/c1-9-6-10(2-5-13(9)15)14(16)7-11-3-4-12(8-14)17-11/h2,5-6,11-12,17H,3-4,7-8H2,1H3. The Morgan fingerprint density at radius 3 is 2.47 bits per heavy atom. The summed E-state index contributed by atoms with van der Waals surface area (Å²) in [5.74, 6) is -0.255. The maximum absolute atomic E-state index is 15.0. The molecule has 0 amide bonds. The first-order valence-corrected chi connectivity index (χ1v) is 6.28. The van der Waals surface area contributed by atoms with Crippen LogP contribution in [0.4, 0.5) is 8.78 Å². The van der Waals surface area contributed by atoms with Gasteiger partial charge in [-0.3, -0.25) is 0 Å². The van der Waals surface area contributed by atoms with Crippen LogP contribution in [0.2, 0.25) is 0 Å². The summed E-state index contributed by atoms with van der Waals surface area (Å²) >= 11 is 0. The van der Waals surface area contributed by atoms with Gasteiger partial charge in [-0.25, -0.2) is 8.78 Å². The van der Waals surface area contributed by atoms with Crippen molar-refractivity contribution < 1.29 is 8.78 Å². The van der Waals surface area contributed by atoms with Crippen LogP contribution in [-0.4, -0.2) is 12.1 Å². The van der Waals surface area contributed by atoms with Crippen LogP contribution in [0.1, 0.15) is 36.8 Å². The zero-order chi connectivity index (χ0) is 12.0. The second kappa shape index (κ2) is 3.77. The van der Waals surface area contributed by atoms with Crippen molar-refractivity contribution in [1.29, 1.82) is 0 Å². The van der Waals surface area contributed by atoms with E-state index >= 15 is 0 Å². The minimum atomic E-state index is -1.27. The van der Waals surface area contributed by atoms with E-state index < -0.39 is 5.67 Å². The van der Waals surface area contributed by atoms with Crippen molar-refractivity contribution in [2.45, 2.75) is 50.4 Å². The SMILES string of the molecule is Cc1cc(C2(F)CC3CCC(C2)N3)ccc1F. The van der Waals surface area contributed by atoms with Gasteiger partial charge in [0.15, 0.2) is 0 Å². The second-order valence-electron chi connectivity index (χ2n) is 5.48. The molecule has 92 valence electrons. The van der Waals surface area contributed by atoms with E-state index in [-0.39, 0.29) is 5.82 Å². The first kappa shape index (κ1) is 11.1. The average Bonchev–Trinajstić information content (AvgIpc) is 2.62. The van der Waals surface area contributed by atoms with Crippen molar-refractivity contribution in [3.05, 3.63) is 35.1 Å². The highest BCUT2D eigenvalue weighted by molar-refractivity contribution is 5.30. The Hall–Kier alpha value is -0.960. The van der Waals surface area contributed by atoms with E-state index in [1.54, 1.807) is 19.1 Å². The number of hydrogen-bond donors (Lipinski definition) is 1. The molecule has 0 radical (unpaired) electrons. The lowest BCUT2D eigenvalue weighted by atomic mass is 9.82. The number of piperidine rings is 1. The van der Waals surface area contributed by atoms with Crippen LogP contribution in [0.3, 0.4) is 0 Å². The van der Waals surface area contributed by atoms with E-state index in [0.29, 0.717) is 36.1 Å². The van der Waals surface area contributed by atoms with Gasteiger partial charge in [0.1, 0.15) is 11.5 Å². The molecule has 0 spiro atoms. The molecule has 0 saturated carbocycles. The molecule has 2 aliphatic rings. The topological polar surface area (TPSA) is 12.0 Å². The van der Waals surface area contributed by atoms with E-state index in [2.05, 4.69) is 5.32 Å². The first-order chi connectivity index (χ1) is 8.07. The predicted molar refractivity (Wildman–Crippen MR) is 63.1 cm³/mol. The number of aryl methyl sites for hydroxylation is 1. The van der Waals surface area contributed by atoms with Gasteiger partial charge in [-0.2, -0.15) is 0 Å². The highest BCUT2D eigenvalue weighted by Crippen LogP contribution is 2.43. The van der Waals surface area contributed by atoms with Gasteiger partial charge in [-0.05, 0) is 43.0 Å². The third kappa shape index (κ3) is 1.86. The molecule has 2 saturated heterocycles. The lowest BCUT2D eigenvalue weighted by Crippen LogP contribution is -2.44. The summed E-state index contributed by atoms with van der Waals surface area (Å²) in [5, 5.41) is 3.43. The summed E-state index contributed by atoms with van der Waals surface area (Å²) in [7, 11) is 0. The van der Waals surface area contributed by atoms with Crippen molar-refractivity contribution in [1.82, 2.24) is 5.32 Å². The van der Waals surface area contributed by atoms with Gasteiger partial charge < -0.3 is 5.32 Å². The van der Waals surface area contributed by atoms with Crippen molar-refractivity contribution in [2.24, 2.45) is 0 Å². The van der Waals surface area contributed by atoms with Gasteiger partial charge in [0.05, 0.1) is 0 Å². The van der Waals surface area contributed by atoms with Crippen LogP contribution in [-0.2, 0) is 5.67 Å². The smallest absolute Gasteiger partial charge is 0.139 e. The number of rotatable bonds is 1. The third-order valence-electron chi connectivity index (χ3n) is 4.15. The molecule has 1 N–H and O–H groups in total. The number of halogens is 2. The molecule has 2 aliphatic heterocycles. The van der Waals surface area contributed by atoms with E-state index in [0.717, 1.165) is 12.8 Å². The fourth-order valence-corrected chi connectivity index (χ4v) is 3.25. The molecule has 2 fully saturated rings. The van der Waals surface area contributed by atoms with Gasteiger partial charge in [0.25, 0.3) is 0 Å². The molecular weight excluding hydrogens is 220 g/mol. The lowest BCUT2D eigenvalue weighted by Gasteiger charge is -2.35. The summed E-state index contributed by atoms with van der Waals surface area (Å²) in [5.41, 5.74) is -0.0876. The first-order valence-electron chi connectivity index (χ1n) is 6.28. The molecule has 1 aromatic rings. The monoisotopic (exact) mass is 237 g/mol. The van der Waals surface area contributed by atoms with E-state index in [1.165, 1.54) is 6.07 Å². The van der Waals surface area contributed by atoms with E-state index in [9.17, 15) is 8.78 Å². The molecule has 2 bridgehead atoms. The Labute approximate surface area is 100 Å². The van der Waals surface area contributed by atoms with Gasteiger partial charge in [0, 0.05) is 24.9 Å². The van der Waals surface area contributed by atoms with E-state index in [1.807, 2.05) is 0 Å². The maximum Gasteiger partial charge on any atom is 0.139 e. The molecule has 0 aliphatic carbocycles. The Balaban J connectivity index is 1.94. The quantitative estimate of drug-likeness (QED) is 0.790. The molecule has 1 nitrogen and oxygen atoms in total. The molecule has 1 aromatic carbocycles. The van der Waals surface area contributed by atoms with Crippen LogP contribution >= 0.6 is 0 Å². The number of alkyl halides is 1. The number of benzene rings is 1. The minimum Gasteiger partial charge on any atom is -0.311 e. The Morgan fingerprint density at radius 2 is 1.88 bits per heavy atom. The van der Waals surface area contributed by atoms with Crippen LogP contribution in [0, 0.1) is 12.7 Å². The summed E-state index contributed by atoms with van der Waals surface area (Å²) in [6, 6.07) is 5.25. The van der Waals surface area contributed by atoms with Gasteiger partial charge in [0.2, 0.25) is 0 Å². The molecule has 3 heteroatoms. The summed E-state index contributed by atoms with van der Waals surface area (Å²) in [6.07, 6.45) is 3.18. The fourth-order valence-electron chi connectivity index (χ4n) is 3.25. The molecule has 2 unspecified atom stereocenters. The van der Waals surface area contributed by atoms with Crippen molar-refractivity contribution in [3.63, 3.8) is 0 Å². The molecule has 0 aromatic heterocycles. The molecular formula is C14H17F2N. The minimum absolute atomic E-state index is 0.255. The number of nitrogens with one attached hydrogen (secondary N) is 1. The fraction of sp³-hybridized carbons (Fsp3) is 0.571. The van der Waals surface area contributed by atoms with Gasteiger partial charge >= 0.3 is 0 Å². The predicted octanol–water partition coefficient (Wildman–Crippen LogP) is 3.21. The zero-order valence-corrected chi connectivity index (χ0v) is 9.97. The highest BCUT2D eigenvalue weighted by Gasteiger charge is 2.45.